The Morgan fingerprint density at radius 3 is 2.63 bits per heavy atom. The van der Waals surface area contributed by atoms with Crippen molar-refractivity contribution >= 4 is 28.5 Å². The number of fused-ring (bicyclic) bond motifs is 2. The topological polar surface area (TPSA) is 75.5 Å². The monoisotopic (exact) mass is 486 g/mol. The van der Waals surface area contributed by atoms with Gasteiger partial charge in [-0.05, 0) is 24.1 Å². The number of rotatable bonds is 7. The Bertz CT molecular complexity index is 1390. The van der Waals surface area contributed by atoms with Crippen molar-refractivity contribution in [2.45, 2.75) is 26.1 Å². The highest BCUT2D eigenvalue weighted by molar-refractivity contribution is 8.13. The number of ether oxygens (including phenoxy) is 2. The lowest BCUT2D eigenvalue weighted by molar-refractivity contribution is -0.116. The minimum atomic E-state index is -0.593. The molecule has 0 radical (unpaired) electrons. The zero-order valence-electron chi connectivity index (χ0n) is 19.6. The molecule has 3 aromatic rings. The molecule has 0 unspecified atom stereocenters. The fraction of sp³-hybridized carbons (Fsp3) is 0.222. The lowest BCUT2D eigenvalue weighted by atomic mass is 10.1. The van der Waals surface area contributed by atoms with E-state index in [0.717, 1.165) is 33.9 Å². The number of amides is 1. The van der Waals surface area contributed by atoms with Crippen LogP contribution in [0.3, 0.4) is 0 Å². The molecular formula is C27H26N4O3S. The lowest BCUT2D eigenvalue weighted by Crippen LogP contribution is -2.50. The zero-order chi connectivity index (χ0) is 24.2. The van der Waals surface area contributed by atoms with Crippen molar-refractivity contribution in [3.05, 3.63) is 94.5 Å². The zero-order valence-corrected chi connectivity index (χ0v) is 20.4. The molecule has 1 atom stereocenters. The highest BCUT2D eigenvalue weighted by Gasteiger charge is 2.36. The Morgan fingerprint density at radius 2 is 1.83 bits per heavy atom. The maximum atomic E-state index is 13.3. The Balaban J connectivity index is 1.63. The van der Waals surface area contributed by atoms with Crippen LogP contribution in [0.2, 0.25) is 0 Å². The normalized spacial score (nSPS) is 16.5. The van der Waals surface area contributed by atoms with Crippen molar-refractivity contribution in [1.29, 1.82) is 0 Å². The Kier molecular flexibility index (Phi) is 6.72. The summed E-state index contributed by atoms with van der Waals surface area (Å²) in [5, 5.41) is 11.5. The smallest absolute Gasteiger partial charge is 0.276 e. The summed E-state index contributed by atoms with van der Waals surface area (Å²) in [7, 11) is 1.62. The van der Waals surface area contributed by atoms with Gasteiger partial charge < -0.3 is 9.47 Å². The number of thioether (sulfide) groups is 1. The molecule has 0 bridgehead atoms. The number of hydrogen-bond donors (Lipinski definition) is 1. The molecule has 0 aliphatic carbocycles. The molecule has 0 spiro atoms. The number of methoxy groups -OCH3 is 1. The molecule has 1 amide bonds. The van der Waals surface area contributed by atoms with Gasteiger partial charge in [0.15, 0.2) is 22.8 Å². The van der Waals surface area contributed by atoms with Crippen LogP contribution in [0.15, 0.2) is 82.9 Å². The van der Waals surface area contributed by atoms with Crippen LogP contribution in [0.25, 0.3) is 5.70 Å². The Morgan fingerprint density at radius 1 is 1.03 bits per heavy atom. The molecule has 0 saturated carbocycles. The van der Waals surface area contributed by atoms with E-state index in [9.17, 15) is 4.79 Å². The number of para-hydroxylation sites is 2. The van der Waals surface area contributed by atoms with Gasteiger partial charge in [0.05, 0.1) is 12.5 Å². The summed E-state index contributed by atoms with van der Waals surface area (Å²) in [6.07, 6.45) is 0.379. The van der Waals surface area contributed by atoms with Crippen molar-refractivity contribution < 1.29 is 14.3 Å². The van der Waals surface area contributed by atoms with Crippen LogP contribution in [0.1, 0.15) is 30.6 Å². The molecule has 5 rings (SSSR count). The first-order chi connectivity index (χ1) is 17.2. The molecule has 178 valence electrons. The van der Waals surface area contributed by atoms with Crippen LogP contribution in [0.4, 0.5) is 0 Å². The fourth-order valence-electron chi connectivity index (χ4n) is 4.07. The van der Waals surface area contributed by atoms with Crippen molar-refractivity contribution in [2.75, 3.05) is 12.9 Å². The second-order valence-electron chi connectivity index (χ2n) is 8.07. The van der Waals surface area contributed by atoms with Crippen molar-refractivity contribution in [2.24, 2.45) is 10.1 Å². The van der Waals surface area contributed by atoms with Crippen molar-refractivity contribution in [3.8, 4) is 11.5 Å². The molecular weight excluding hydrogens is 460 g/mol. The number of carbonyl (C=O) groups is 1. The third-order valence-electron chi connectivity index (χ3n) is 5.69. The molecule has 8 heteroatoms. The summed E-state index contributed by atoms with van der Waals surface area (Å²) in [5.41, 5.74) is 2.28. The molecule has 2 heterocycles. The highest BCUT2D eigenvalue weighted by Crippen LogP contribution is 2.40. The predicted molar refractivity (Wildman–Crippen MR) is 137 cm³/mol. The van der Waals surface area contributed by atoms with E-state index < -0.39 is 6.17 Å². The minimum absolute atomic E-state index is 0.194. The fourth-order valence-corrected chi connectivity index (χ4v) is 4.78. The van der Waals surface area contributed by atoms with Crippen LogP contribution >= 0.6 is 11.8 Å². The van der Waals surface area contributed by atoms with Gasteiger partial charge in [0, 0.05) is 16.5 Å². The number of nitrogens with one attached hydrogen (secondary N) is 1. The van der Waals surface area contributed by atoms with Crippen LogP contribution in [-0.2, 0) is 11.4 Å². The standard InChI is InChI=1S/C27H26N4O3S/c1-3-16-35-27-29-26(32)23-19-12-7-8-14-21(19)28-25(31(23)30-27)20-13-9-15-22(33-2)24(20)34-17-18-10-5-4-6-11-18/h4-15,25H,3,16-17H2,1-2H3,(H,29,30,32)/t25-/m1/s1. The first-order valence-electron chi connectivity index (χ1n) is 11.5. The summed E-state index contributed by atoms with van der Waals surface area (Å²) >= 11 is 1.52. The maximum absolute atomic E-state index is 13.3. The van der Waals surface area contributed by atoms with Crippen LogP contribution < -0.4 is 25.4 Å². The second kappa shape index (κ2) is 10.2. The Labute approximate surface area is 208 Å². The van der Waals surface area contributed by atoms with Gasteiger partial charge in [0.25, 0.3) is 5.91 Å². The number of nitrogens with zero attached hydrogens (tertiary/aromatic N) is 3. The molecule has 0 fully saturated rings. The molecule has 7 nitrogen and oxygen atoms in total. The lowest BCUT2D eigenvalue weighted by Gasteiger charge is -2.34. The van der Waals surface area contributed by atoms with E-state index in [0.29, 0.717) is 29.0 Å². The number of carbonyl (C=O) groups excluding carboxylic acids is 1. The molecule has 1 N–H and O–H groups in total. The van der Waals surface area contributed by atoms with Gasteiger partial charge in [-0.3, -0.25) is 15.1 Å². The summed E-state index contributed by atoms with van der Waals surface area (Å²) in [6, 6.07) is 23.3. The third-order valence-corrected chi connectivity index (χ3v) is 6.76. The third kappa shape index (κ3) is 4.61. The highest BCUT2D eigenvalue weighted by atomic mass is 32.2. The summed E-state index contributed by atoms with van der Waals surface area (Å²) in [5.74, 6) is 1.83. The maximum Gasteiger partial charge on any atom is 0.276 e. The second-order valence-corrected chi connectivity index (χ2v) is 9.16. The van der Waals surface area contributed by atoms with Crippen LogP contribution in [0.5, 0.6) is 11.5 Å². The molecule has 35 heavy (non-hydrogen) atoms. The summed E-state index contributed by atoms with van der Waals surface area (Å²) < 4.78 is 12.0. The summed E-state index contributed by atoms with van der Waals surface area (Å²) in [6.45, 7) is 2.47. The number of benzene rings is 3. The molecule has 2 aliphatic rings. The van der Waals surface area contributed by atoms with Gasteiger partial charge in [0.1, 0.15) is 12.3 Å². The van der Waals surface area contributed by atoms with Gasteiger partial charge in [-0.15, -0.1) is 5.10 Å². The van der Waals surface area contributed by atoms with E-state index in [1.165, 1.54) is 11.8 Å². The average molecular weight is 487 g/mol. The predicted octanol–water partition coefficient (Wildman–Crippen LogP) is 3.56. The average Bonchev–Trinajstić information content (AvgIpc) is 2.90. The first-order valence-corrected chi connectivity index (χ1v) is 12.5. The van der Waals surface area contributed by atoms with Gasteiger partial charge in [-0.25, -0.2) is 5.01 Å². The van der Waals surface area contributed by atoms with Gasteiger partial charge in [-0.1, -0.05) is 79.3 Å². The van der Waals surface area contributed by atoms with E-state index in [-0.39, 0.29) is 5.91 Å². The molecule has 3 aromatic carbocycles. The van der Waals surface area contributed by atoms with Crippen LogP contribution in [0, 0.1) is 0 Å². The molecule has 0 saturated heterocycles. The van der Waals surface area contributed by atoms with Crippen LogP contribution in [-0.4, -0.2) is 28.9 Å². The van der Waals surface area contributed by atoms with Gasteiger partial charge >= 0.3 is 0 Å². The Hall–Kier alpha value is -3.78. The quantitative estimate of drug-likeness (QED) is 0.553. The van der Waals surface area contributed by atoms with Crippen molar-refractivity contribution in [3.63, 3.8) is 0 Å². The van der Waals surface area contributed by atoms with Gasteiger partial charge in [0.2, 0.25) is 0 Å². The van der Waals surface area contributed by atoms with E-state index in [2.05, 4.69) is 12.2 Å². The first kappa shape index (κ1) is 23.0. The largest absolute Gasteiger partial charge is 0.493 e. The number of hydrogen-bond acceptors (Lipinski definition) is 7. The van der Waals surface area contributed by atoms with Crippen molar-refractivity contribution in [1.82, 2.24) is 10.3 Å². The van der Waals surface area contributed by atoms with E-state index in [4.69, 9.17) is 19.6 Å². The van der Waals surface area contributed by atoms with Gasteiger partial charge in [-0.2, -0.15) is 0 Å². The van der Waals surface area contributed by atoms with E-state index in [1.807, 2.05) is 72.8 Å². The summed E-state index contributed by atoms with van der Waals surface area (Å²) in [4.78, 5) is 18.3. The van der Waals surface area contributed by atoms with E-state index >= 15 is 0 Å². The number of amidine groups is 1. The molecule has 0 aromatic heterocycles. The SMILES string of the molecule is CCCSC1=NN2C(=c3ccccc3=N[C@H]2c2cccc(OC)c2OCc2ccccc2)C(=O)N1. The minimum Gasteiger partial charge on any atom is -0.493 e. The van der Waals surface area contributed by atoms with E-state index in [1.54, 1.807) is 12.1 Å². The number of hydrazone groups is 1. The molecule has 2 aliphatic heterocycles.